The zero-order chi connectivity index (χ0) is 12.3. The van der Waals surface area contributed by atoms with Gasteiger partial charge in [-0.05, 0) is 31.8 Å². The van der Waals surface area contributed by atoms with E-state index in [1.807, 2.05) is 19.6 Å². The Hall–Kier alpha value is -1.63. The van der Waals surface area contributed by atoms with Crippen LogP contribution in [0.1, 0.15) is 0 Å². The van der Waals surface area contributed by atoms with E-state index < -0.39 is 19.3 Å². The first-order valence-corrected chi connectivity index (χ1v) is 8.22. The molecule has 1 rings (SSSR count). The average molecular weight is 242 g/mol. The topological polar surface area (TPSA) is 72.7 Å². The second kappa shape index (κ2) is 4.48. The summed E-state index contributed by atoms with van der Waals surface area (Å²) in [5.74, 6) is -0.463. The smallest absolute Gasteiger partial charge is 0.322 e. The Morgan fingerprint density at radius 3 is 2.69 bits per heavy atom. The maximum atomic E-state index is 11.6. The molecule has 1 aliphatic heterocycles. The third-order valence-electron chi connectivity index (χ3n) is 1.76. The number of allylic oxidation sites excluding steroid dienone is 2. The second-order valence-electron chi connectivity index (χ2n) is 4.37. The molecule has 6 nitrogen and oxygen atoms in total. The van der Waals surface area contributed by atoms with Crippen LogP contribution < -0.4 is 0 Å². The minimum Gasteiger partial charge on any atom is -0.517 e. The van der Waals surface area contributed by atoms with Gasteiger partial charge in [0, 0.05) is 0 Å². The van der Waals surface area contributed by atoms with E-state index in [2.05, 4.69) is 0 Å². The molecule has 0 saturated heterocycles. The molecular formula is C9H14N2O4Si. The molecule has 0 radical (unpaired) electrons. The first kappa shape index (κ1) is 12.4. The first-order valence-electron chi connectivity index (χ1n) is 4.81. The van der Waals surface area contributed by atoms with Gasteiger partial charge in [-0.1, -0.05) is 5.01 Å². The third-order valence-corrected chi connectivity index (χ3v) is 2.56. The lowest BCUT2D eigenvalue weighted by molar-refractivity contribution is -0.638. The summed E-state index contributed by atoms with van der Waals surface area (Å²) in [4.78, 5) is 22.2. The number of hydrogen-bond donors (Lipinski definition) is 0. The molecule has 0 saturated carbocycles. The van der Waals surface area contributed by atoms with Gasteiger partial charge in [0.1, 0.15) is 6.54 Å². The molecule has 7 heteroatoms. The SMILES string of the molecule is C[Si](C)(C)OC(=O)C1=CC=CN([N+](=O)[O-])C1. The van der Waals surface area contributed by atoms with E-state index in [0.717, 1.165) is 5.01 Å². The molecule has 0 bridgehead atoms. The lowest BCUT2D eigenvalue weighted by Crippen LogP contribution is -2.35. The van der Waals surface area contributed by atoms with E-state index in [-0.39, 0.29) is 6.54 Å². The Morgan fingerprint density at radius 2 is 2.19 bits per heavy atom. The van der Waals surface area contributed by atoms with Gasteiger partial charge in [0.25, 0.3) is 0 Å². The van der Waals surface area contributed by atoms with Crippen molar-refractivity contribution in [2.45, 2.75) is 19.6 Å². The quantitative estimate of drug-likeness (QED) is 0.424. The molecule has 0 fully saturated rings. The number of nitro groups is 1. The lowest BCUT2D eigenvalue weighted by Gasteiger charge is -2.20. The van der Waals surface area contributed by atoms with Crippen molar-refractivity contribution in [3.8, 4) is 0 Å². The van der Waals surface area contributed by atoms with Crippen molar-refractivity contribution < 1.29 is 14.3 Å². The fourth-order valence-electron chi connectivity index (χ4n) is 1.13. The van der Waals surface area contributed by atoms with Crippen molar-refractivity contribution in [2.24, 2.45) is 0 Å². The van der Waals surface area contributed by atoms with Crippen LogP contribution in [0.4, 0.5) is 0 Å². The van der Waals surface area contributed by atoms with Crippen molar-refractivity contribution >= 4 is 14.3 Å². The van der Waals surface area contributed by atoms with Gasteiger partial charge in [-0.15, -0.1) is 0 Å². The number of nitrogens with zero attached hydrogens (tertiary/aromatic N) is 2. The largest absolute Gasteiger partial charge is 0.517 e. The van der Waals surface area contributed by atoms with E-state index in [0.29, 0.717) is 5.57 Å². The van der Waals surface area contributed by atoms with Crippen LogP contribution in [0.2, 0.25) is 19.6 Å². The van der Waals surface area contributed by atoms with Gasteiger partial charge >= 0.3 is 5.97 Å². The van der Waals surface area contributed by atoms with Crippen LogP contribution in [0.3, 0.4) is 0 Å². The van der Waals surface area contributed by atoms with Crippen molar-refractivity contribution in [1.82, 2.24) is 5.01 Å². The van der Waals surface area contributed by atoms with Gasteiger partial charge in [-0.3, -0.25) is 0 Å². The molecule has 1 heterocycles. The Labute approximate surface area is 94.4 Å². The molecule has 0 atom stereocenters. The molecule has 0 N–H and O–H groups in total. The van der Waals surface area contributed by atoms with Gasteiger partial charge in [-0.25, -0.2) is 14.9 Å². The molecule has 0 aromatic carbocycles. The molecule has 0 amide bonds. The Balaban J connectivity index is 2.69. The maximum Gasteiger partial charge on any atom is 0.322 e. The van der Waals surface area contributed by atoms with Crippen LogP contribution in [0, 0.1) is 10.1 Å². The average Bonchev–Trinajstić information content (AvgIpc) is 2.15. The van der Waals surface area contributed by atoms with Gasteiger partial charge in [-0.2, -0.15) is 0 Å². The van der Waals surface area contributed by atoms with Crippen LogP contribution in [-0.4, -0.2) is 30.9 Å². The van der Waals surface area contributed by atoms with Crippen LogP contribution in [0.5, 0.6) is 0 Å². The van der Waals surface area contributed by atoms with E-state index >= 15 is 0 Å². The number of carbonyl (C=O) groups excluding carboxylic acids is 1. The number of rotatable bonds is 3. The summed E-state index contributed by atoms with van der Waals surface area (Å²) in [7, 11) is -1.96. The standard InChI is InChI=1S/C9H14N2O4Si/c1-16(2,3)15-9(12)8-5-4-6-10(7-8)11(13)14/h4-6H,7H2,1-3H3. The van der Waals surface area contributed by atoms with Crippen LogP contribution >= 0.6 is 0 Å². The summed E-state index contributed by atoms with van der Waals surface area (Å²) >= 11 is 0. The highest BCUT2D eigenvalue weighted by atomic mass is 28.4. The fourth-order valence-corrected chi connectivity index (χ4v) is 1.81. The Bertz CT molecular complexity index is 370. The molecule has 0 aromatic heterocycles. The zero-order valence-corrected chi connectivity index (χ0v) is 10.5. The summed E-state index contributed by atoms with van der Waals surface area (Å²) in [6.45, 7) is 5.60. The summed E-state index contributed by atoms with van der Waals surface area (Å²) in [5.41, 5.74) is 0.307. The summed E-state index contributed by atoms with van der Waals surface area (Å²) in [6, 6.07) is 0. The normalized spacial score (nSPS) is 15.7. The third kappa shape index (κ3) is 3.50. The summed E-state index contributed by atoms with van der Waals surface area (Å²) in [5, 5.41) is 10.8. The monoisotopic (exact) mass is 242 g/mol. The summed E-state index contributed by atoms with van der Waals surface area (Å²) < 4.78 is 5.25. The van der Waals surface area contributed by atoms with Gasteiger partial charge in [0.05, 0.1) is 11.8 Å². The molecule has 0 unspecified atom stereocenters. The number of hydrogen-bond acceptors (Lipinski definition) is 4. The first-order chi connectivity index (χ1) is 7.29. The molecular weight excluding hydrogens is 228 g/mol. The summed E-state index contributed by atoms with van der Waals surface area (Å²) in [6.07, 6.45) is 4.32. The van der Waals surface area contributed by atoms with Crippen molar-refractivity contribution in [3.05, 3.63) is 34.0 Å². The Morgan fingerprint density at radius 1 is 1.56 bits per heavy atom. The highest BCUT2D eigenvalue weighted by molar-refractivity contribution is 6.71. The van der Waals surface area contributed by atoms with Gasteiger partial charge < -0.3 is 4.43 Å². The van der Waals surface area contributed by atoms with E-state index in [1.54, 1.807) is 6.08 Å². The molecule has 0 aromatic rings. The minimum atomic E-state index is -1.96. The number of carbonyl (C=O) groups is 1. The van der Waals surface area contributed by atoms with Crippen LogP contribution in [0.15, 0.2) is 23.9 Å². The fraction of sp³-hybridized carbons (Fsp3) is 0.444. The molecule has 0 aliphatic carbocycles. The Kier molecular flexibility index (Phi) is 3.48. The predicted molar refractivity (Wildman–Crippen MR) is 60.4 cm³/mol. The number of hydrazine groups is 1. The van der Waals surface area contributed by atoms with Crippen molar-refractivity contribution in [3.63, 3.8) is 0 Å². The maximum absolute atomic E-state index is 11.6. The molecule has 16 heavy (non-hydrogen) atoms. The van der Waals surface area contributed by atoms with Gasteiger partial charge in [0.15, 0.2) is 5.03 Å². The molecule has 0 spiro atoms. The van der Waals surface area contributed by atoms with Crippen molar-refractivity contribution in [2.75, 3.05) is 6.54 Å². The van der Waals surface area contributed by atoms with Crippen LogP contribution in [0.25, 0.3) is 0 Å². The molecule has 1 aliphatic rings. The van der Waals surface area contributed by atoms with E-state index in [9.17, 15) is 14.9 Å². The second-order valence-corrected chi connectivity index (χ2v) is 8.80. The van der Waals surface area contributed by atoms with Gasteiger partial charge in [0.2, 0.25) is 8.32 Å². The highest BCUT2D eigenvalue weighted by Crippen LogP contribution is 2.12. The minimum absolute atomic E-state index is 0.0488. The lowest BCUT2D eigenvalue weighted by atomic mass is 10.2. The van der Waals surface area contributed by atoms with Crippen molar-refractivity contribution in [1.29, 1.82) is 0 Å². The zero-order valence-electron chi connectivity index (χ0n) is 9.47. The predicted octanol–water partition coefficient (Wildman–Crippen LogP) is 1.31. The molecule has 88 valence electrons. The van der Waals surface area contributed by atoms with E-state index in [4.69, 9.17) is 4.43 Å². The van der Waals surface area contributed by atoms with E-state index in [1.165, 1.54) is 12.3 Å². The van der Waals surface area contributed by atoms with Crippen LogP contribution in [-0.2, 0) is 9.22 Å². The highest BCUT2D eigenvalue weighted by Gasteiger charge is 2.26.